The van der Waals surface area contributed by atoms with Gasteiger partial charge >= 0.3 is 6.03 Å². The standard InChI is InChI=1S/C28H45ClN4O4/c1-30-18-25(16-21-8-4-3-5-9-21)32-28(35)33-14-7-11-23(19-33)27(22-10-6-12-24(29)17-22)37-20-26(34)31-13-15-36-2/h6,10,12,17,21,23,25,27,30H,3-5,7-9,11,13-16,18-20H2,1-2H3,(H,31,34)(H,32,35). The molecule has 0 radical (unpaired) electrons. The SMILES string of the molecule is CNCC(CC1CCCCC1)NC(=O)N1CCCC(C(OCC(=O)NCCOC)c2cccc(Cl)c2)C1. The largest absolute Gasteiger partial charge is 0.383 e. The zero-order chi connectivity index (χ0) is 26.5. The van der Waals surface area contributed by atoms with E-state index in [1.54, 1.807) is 7.11 Å². The molecule has 8 nitrogen and oxygen atoms in total. The smallest absolute Gasteiger partial charge is 0.317 e. The summed E-state index contributed by atoms with van der Waals surface area (Å²) in [4.78, 5) is 27.6. The van der Waals surface area contributed by atoms with Gasteiger partial charge in [-0.05, 0) is 49.9 Å². The number of urea groups is 1. The number of amides is 3. The van der Waals surface area contributed by atoms with E-state index < -0.39 is 0 Å². The van der Waals surface area contributed by atoms with Crippen LogP contribution in [0.2, 0.25) is 5.02 Å². The van der Waals surface area contributed by atoms with Crippen LogP contribution in [0.5, 0.6) is 0 Å². The van der Waals surface area contributed by atoms with E-state index in [1.165, 1.54) is 32.1 Å². The molecule has 9 heteroatoms. The normalized spacial score (nSPS) is 20.3. The zero-order valence-corrected chi connectivity index (χ0v) is 23.2. The minimum absolute atomic E-state index is 0.0112. The van der Waals surface area contributed by atoms with Gasteiger partial charge in [-0.3, -0.25) is 4.79 Å². The molecular formula is C28H45ClN4O4. The number of nitrogens with one attached hydrogen (secondary N) is 3. The second kappa shape index (κ2) is 16.2. The van der Waals surface area contributed by atoms with Gasteiger partial charge in [0.2, 0.25) is 5.91 Å². The van der Waals surface area contributed by atoms with Crippen molar-refractivity contribution in [3.63, 3.8) is 0 Å². The summed E-state index contributed by atoms with van der Waals surface area (Å²) in [6.07, 6.45) is 8.95. The molecule has 1 heterocycles. The molecule has 1 saturated heterocycles. The van der Waals surface area contributed by atoms with E-state index in [0.29, 0.717) is 30.6 Å². The monoisotopic (exact) mass is 536 g/mol. The predicted octanol–water partition coefficient (Wildman–Crippen LogP) is 4.14. The molecule has 0 aromatic heterocycles. The summed E-state index contributed by atoms with van der Waals surface area (Å²) in [5.41, 5.74) is 0.926. The molecule has 1 aromatic carbocycles. The van der Waals surface area contributed by atoms with Gasteiger partial charge in [-0.15, -0.1) is 0 Å². The number of rotatable bonds is 13. The van der Waals surface area contributed by atoms with Gasteiger partial charge in [0.1, 0.15) is 6.61 Å². The molecule has 208 valence electrons. The molecule has 3 unspecified atom stereocenters. The van der Waals surface area contributed by atoms with E-state index >= 15 is 0 Å². The average molecular weight is 537 g/mol. The first-order valence-electron chi connectivity index (χ1n) is 13.8. The van der Waals surface area contributed by atoms with Gasteiger partial charge in [-0.2, -0.15) is 0 Å². The Morgan fingerprint density at radius 3 is 2.70 bits per heavy atom. The molecule has 1 aromatic rings. The third-order valence-electron chi connectivity index (χ3n) is 7.49. The lowest BCUT2D eigenvalue weighted by atomic mass is 9.85. The molecule has 37 heavy (non-hydrogen) atoms. The maximum atomic E-state index is 13.3. The maximum absolute atomic E-state index is 13.3. The zero-order valence-electron chi connectivity index (χ0n) is 22.5. The number of methoxy groups -OCH3 is 1. The Kier molecular flexibility index (Phi) is 13.0. The number of halogens is 1. The Balaban J connectivity index is 1.63. The van der Waals surface area contributed by atoms with Crippen molar-refractivity contribution < 1.29 is 19.1 Å². The van der Waals surface area contributed by atoms with Crippen LogP contribution in [-0.2, 0) is 14.3 Å². The topological polar surface area (TPSA) is 91.9 Å². The van der Waals surface area contributed by atoms with Crippen molar-refractivity contribution in [2.24, 2.45) is 11.8 Å². The van der Waals surface area contributed by atoms with Gasteiger partial charge in [-0.25, -0.2) is 4.79 Å². The van der Waals surface area contributed by atoms with Gasteiger partial charge in [-0.1, -0.05) is 55.8 Å². The summed E-state index contributed by atoms with van der Waals surface area (Å²) in [6, 6.07) is 7.70. The van der Waals surface area contributed by atoms with Crippen molar-refractivity contribution in [2.75, 3.05) is 53.6 Å². The fraction of sp³-hybridized carbons (Fsp3) is 0.714. The summed E-state index contributed by atoms with van der Waals surface area (Å²) >= 11 is 6.29. The molecule has 1 aliphatic carbocycles. The summed E-state index contributed by atoms with van der Waals surface area (Å²) in [6.45, 7) is 2.89. The highest BCUT2D eigenvalue weighted by molar-refractivity contribution is 6.30. The number of hydrogen-bond donors (Lipinski definition) is 3. The summed E-state index contributed by atoms with van der Waals surface area (Å²) in [5.74, 6) is 0.565. The highest BCUT2D eigenvalue weighted by Crippen LogP contribution is 2.34. The molecule has 2 aliphatic rings. The Labute approximate surface area is 227 Å². The van der Waals surface area contributed by atoms with Gasteiger partial charge in [0.25, 0.3) is 0 Å². The average Bonchev–Trinajstić information content (AvgIpc) is 2.90. The molecule has 3 atom stereocenters. The number of likely N-dealkylation sites (N-methyl/N-ethyl adjacent to an activating group) is 1. The second-order valence-electron chi connectivity index (χ2n) is 10.4. The van der Waals surface area contributed by atoms with E-state index in [-0.39, 0.29) is 36.6 Å². The lowest BCUT2D eigenvalue weighted by Crippen LogP contribution is -2.52. The van der Waals surface area contributed by atoms with Crippen LogP contribution in [0.1, 0.15) is 63.0 Å². The van der Waals surface area contributed by atoms with Crippen molar-refractivity contribution in [1.29, 1.82) is 0 Å². The van der Waals surface area contributed by atoms with Crippen molar-refractivity contribution in [2.45, 2.75) is 63.5 Å². The second-order valence-corrected chi connectivity index (χ2v) is 10.9. The van der Waals surface area contributed by atoms with E-state index in [1.807, 2.05) is 36.2 Å². The first-order valence-corrected chi connectivity index (χ1v) is 14.2. The number of hydrogen-bond acceptors (Lipinski definition) is 5. The fourth-order valence-electron chi connectivity index (χ4n) is 5.67. The Morgan fingerprint density at radius 2 is 1.97 bits per heavy atom. The van der Waals surface area contributed by atoms with Crippen LogP contribution in [0, 0.1) is 11.8 Å². The Morgan fingerprint density at radius 1 is 1.16 bits per heavy atom. The molecule has 3 N–H and O–H groups in total. The summed E-state index contributed by atoms with van der Waals surface area (Å²) in [5, 5.41) is 9.99. The van der Waals surface area contributed by atoms with Crippen LogP contribution >= 0.6 is 11.6 Å². The van der Waals surface area contributed by atoms with Crippen molar-refractivity contribution in [1.82, 2.24) is 20.9 Å². The Bertz CT molecular complexity index is 836. The van der Waals surface area contributed by atoms with E-state index in [2.05, 4.69) is 16.0 Å². The first-order chi connectivity index (χ1) is 18.0. The van der Waals surface area contributed by atoms with Crippen molar-refractivity contribution >= 4 is 23.5 Å². The molecule has 1 aliphatic heterocycles. The van der Waals surface area contributed by atoms with Gasteiger partial charge < -0.3 is 30.3 Å². The number of ether oxygens (including phenoxy) is 2. The number of carbonyl (C=O) groups is 2. The van der Waals surface area contributed by atoms with Crippen LogP contribution in [0.3, 0.4) is 0 Å². The number of benzene rings is 1. The summed E-state index contributed by atoms with van der Waals surface area (Å²) in [7, 11) is 3.54. The minimum Gasteiger partial charge on any atom is -0.383 e. The van der Waals surface area contributed by atoms with Crippen LogP contribution in [0.25, 0.3) is 0 Å². The van der Waals surface area contributed by atoms with Crippen LogP contribution in [0.4, 0.5) is 4.79 Å². The lowest BCUT2D eigenvalue weighted by Gasteiger charge is -2.38. The predicted molar refractivity (Wildman–Crippen MR) is 147 cm³/mol. The van der Waals surface area contributed by atoms with E-state index in [0.717, 1.165) is 37.9 Å². The van der Waals surface area contributed by atoms with E-state index in [9.17, 15) is 9.59 Å². The Hall–Kier alpha value is -1.87. The van der Waals surface area contributed by atoms with E-state index in [4.69, 9.17) is 21.1 Å². The van der Waals surface area contributed by atoms with Crippen molar-refractivity contribution in [3.8, 4) is 0 Å². The van der Waals surface area contributed by atoms with Crippen LogP contribution in [-0.4, -0.2) is 76.4 Å². The highest BCUT2D eigenvalue weighted by atomic mass is 35.5. The lowest BCUT2D eigenvalue weighted by molar-refractivity contribution is -0.129. The number of nitrogens with zero attached hydrogens (tertiary/aromatic N) is 1. The van der Waals surface area contributed by atoms with Gasteiger partial charge in [0.15, 0.2) is 0 Å². The molecule has 2 fully saturated rings. The molecule has 0 bridgehead atoms. The third kappa shape index (κ3) is 10.1. The molecular weight excluding hydrogens is 492 g/mol. The highest BCUT2D eigenvalue weighted by Gasteiger charge is 2.32. The quantitative estimate of drug-likeness (QED) is 0.330. The van der Waals surface area contributed by atoms with Gasteiger partial charge in [0, 0.05) is 50.3 Å². The maximum Gasteiger partial charge on any atom is 0.317 e. The number of piperidine rings is 1. The number of likely N-dealkylation sites (tertiary alicyclic amines) is 1. The molecule has 3 amide bonds. The molecule has 1 saturated carbocycles. The first kappa shape index (κ1) is 29.7. The number of carbonyl (C=O) groups excluding carboxylic acids is 2. The van der Waals surface area contributed by atoms with Gasteiger partial charge in [0.05, 0.1) is 12.7 Å². The van der Waals surface area contributed by atoms with Crippen LogP contribution in [0.15, 0.2) is 24.3 Å². The summed E-state index contributed by atoms with van der Waals surface area (Å²) < 4.78 is 11.2. The fourth-order valence-corrected chi connectivity index (χ4v) is 5.87. The third-order valence-corrected chi connectivity index (χ3v) is 7.73. The van der Waals surface area contributed by atoms with Crippen LogP contribution < -0.4 is 16.0 Å². The molecule has 0 spiro atoms. The van der Waals surface area contributed by atoms with Crippen molar-refractivity contribution in [3.05, 3.63) is 34.9 Å². The molecule has 3 rings (SSSR count). The minimum atomic E-state index is -0.335.